The highest BCUT2D eigenvalue weighted by molar-refractivity contribution is 5.68. The van der Waals surface area contributed by atoms with Gasteiger partial charge in [0.1, 0.15) is 5.60 Å². The third kappa shape index (κ3) is 4.14. The van der Waals surface area contributed by atoms with Crippen LogP contribution in [0.25, 0.3) is 0 Å². The Morgan fingerprint density at radius 3 is 2.50 bits per heavy atom. The van der Waals surface area contributed by atoms with Crippen LogP contribution in [-0.2, 0) is 4.74 Å². The molecule has 2 rings (SSSR count). The van der Waals surface area contributed by atoms with E-state index in [2.05, 4.69) is 4.90 Å². The third-order valence-corrected chi connectivity index (χ3v) is 3.24. The molecule has 2 heterocycles. The number of hydrogen-bond acceptors (Lipinski definition) is 4. The van der Waals surface area contributed by atoms with Gasteiger partial charge in [0, 0.05) is 32.8 Å². The predicted octanol–water partition coefficient (Wildman–Crippen LogP) is 1.31. The molecule has 2 fully saturated rings. The van der Waals surface area contributed by atoms with Crippen LogP contribution in [0.1, 0.15) is 33.6 Å². The zero-order valence-electron chi connectivity index (χ0n) is 12.0. The Morgan fingerprint density at radius 2 is 1.89 bits per heavy atom. The van der Waals surface area contributed by atoms with E-state index in [1.165, 1.54) is 19.4 Å². The SMILES string of the molecule is CC(C)(C)OC(=O)N1CCN2CCCC2C1.CO. The van der Waals surface area contributed by atoms with Gasteiger partial charge in [0.2, 0.25) is 0 Å². The topological polar surface area (TPSA) is 53.0 Å². The molecule has 1 atom stereocenters. The van der Waals surface area contributed by atoms with Crippen LogP contribution in [0.4, 0.5) is 4.79 Å². The summed E-state index contributed by atoms with van der Waals surface area (Å²) < 4.78 is 5.39. The molecule has 2 aliphatic heterocycles. The zero-order valence-corrected chi connectivity index (χ0v) is 12.0. The molecule has 0 aromatic rings. The van der Waals surface area contributed by atoms with Crippen LogP contribution in [0, 0.1) is 0 Å². The van der Waals surface area contributed by atoms with Crippen LogP contribution < -0.4 is 0 Å². The average molecular weight is 258 g/mol. The highest BCUT2D eigenvalue weighted by atomic mass is 16.6. The first-order chi connectivity index (χ1) is 8.46. The van der Waals surface area contributed by atoms with Crippen molar-refractivity contribution in [3.63, 3.8) is 0 Å². The van der Waals surface area contributed by atoms with Gasteiger partial charge in [-0.3, -0.25) is 4.90 Å². The molecule has 1 N–H and O–H groups in total. The number of nitrogens with zero attached hydrogens (tertiary/aromatic N) is 2. The molecule has 0 aromatic carbocycles. The largest absolute Gasteiger partial charge is 0.444 e. The summed E-state index contributed by atoms with van der Waals surface area (Å²) in [5.41, 5.74) is -0.385. The Kier molecular flexibility index (Phi) is 5.41. The maximum Gasteiger partial charge on any atom is 0.410 e. The van der Waals surface area contributed by atoms with E-state index in [0.29, 0.717) is 6.04 Å². The summed E-state index contributed by atoms with van der Waals surface area (Å²) in [5.74, 6) is 0. The second-order valence-electron chi connectivity index (χ2n) is 5.76. The normalized spacial score (nSPS) is 24.1. The Morgan fingerprint density at radius 1 is 1.22 bits per heavy atom. The first-order valence-corrected chi connectivity index (χ1v) is 6.62. The fourth-order valence-electron chi connectivity index (χ4n) is 2.48. The van der Waals surface area contributed by atoms with Gasteiger partial charge in [-0.25, -0.2) is 4.79 Å². The Hall–Kier alpha value is -0.810. The van der Waals surface area contributed by atoms with Gasteiger partial charge in [-0.2, -0.15) is 0 Å². The van der Waals surface area contributed by atoms with Crippen LogP contribution in [0.15, 0.2) is 0 Å². The summed E-state index contributed by atoms with van der Waals surface area (Å²) in [4.78, 5) is 16.2. The molecule has 106 valence electrons. The van der Waals surface area contributed by atoms with E-state index in [0.717, 1.165) is 26.7 Å². The molecule has 18 heavy (non-hydrogen) atoms. The number of rotatable bonds is 0. The average Bonchev–Trinajstić information content (AvgIpc) is 2.76. The van der Waals surface area contributed by atoms with Crippen LogP contribution >= 0.6 is 0 Å². The minimum absolute atomic E-state index is 0.154. The van der Waals surface area contributed by atoms with Crippen molar-refractivity contribution in [3.05, 3.63) is 0 Å². The minimum Gasteiger partial charge on any atom is -0.444 e. The highest BCUT2D eigenvalue weighted by Gasteiger charge is 2.34. The molecular weight excluding hydrogens is 232 g/mol. The standard InChI is InChI=1S/C12H22N2O2.CH4O/c1-12(2,3)16-11(15)14-8-7-13-6-4-5-10(13)9-14;1-2/h10H,4-9H2,1-3H3;2H,1H3. The van der Waals surface area contributed by atoms with Crippen LogP contribution in [-0.4, -0.2) is 65.9 Å². The molecule has 1 amide bonds. The zero-order chi connectivity index (χ0) is 13.8. The fraction of sp³-hybridized carbons (Fsp3) is 0.923. The second kappa shape index (κ2) is 6.38. The van der Waals surface area contributed by atoms with Gasteiger partial charge in [-0.05, 0) is 40.2 Å². The van der Waals surface area contributed by atoms with Crippen molar-refractivity contribution in [3.8, 4) is 0 Å². The Bertz CT molecular complexity index is 276. The summed E-state index contributed by atoms with van der Waals surface area (Å²) in [6, 6.07) is 0.571. The smallest absolute Gasteiger partial charge is 0.410 e. The predicted molar refractivity (Wildman–Crippen MR) is 70.5 cm³/mol. The van der Waals surface area contributed by atoms with Crippen LogP contribution in [0.3, 0.4) is 0 Å². The Labute approximate surface area is 110 Å². The van der Waals surface area contributed by atoms with Crippen molar-refractivity contribution >= 4 is 6.09 Å². The van der Waals surface area contributed by atoms with Gasteiger partial charge in [0.15, 0.2) is 0 Å². The number of fused-ring (bicyclic) bond motifs is 1. The number of piperazine rings is 1. The first kappa shape index (κ1) is 15.2. The Balaban J connectivity index is 0.000000771. The van der Waals surface area contributed by atoms with E-state index in [1.54, 1.807) is 0 Å². The third-order valence-electron chi connectivity index (χ3n) is 3.24. The number of hydrogen-bond donors (Lipinski definition) is 1. The molecule has 5 nitrogen and oxygen atoms in total. The van der Waals surface area contributed by atoms with Gasteiger partial charge >= 0.3 is 6.09 Å². The lowest BCUT2D eigenvalue weighted by Gasteiger charge is -2.37. The van der Waals surface area contributed by atoms with E-state index < -0.39 is 0 Å². The van der Waals surface area contributed by atoms with E-state index in [1.807, 2.05) is 25.7 Å². The second-order valence-corrected chi connectivity index (χ2v) is 5.76. The highest BCUT2D eigenvalue weighted by Crippen LogP contribution is 2.22. The van der Waals surface area contributed by atoms with Crippen LogP contribution in [0.2, 0.25) is 0 Å². The van der Waals surface area contributed by atoms with E-state index >= 15 is 0 Å². The number of carbonyl (C=O) groups is 1. The number of aliphatic hydroxyl groups is 1. The lowest BCUT2D eigenvalue weighted by Crippen LogP contribution is -2.53. The van der Waals surface area contributed by atoms with Gasteiger partial charge in [-0.15, -0.1) is 0 Å². The van der Waals surface area contributed by atoms with Crippen molar-refractivity contribution in [2.24, 2.45) is 0 Å². The number of aliphatic hydroxyl groups excluding tert-OH is 1. The molecular formula is C13H26N2O3. The van der Waals surface area contributed by atoms with Gasteiger partial charge in [-0.1, -0.05) is 0 Å². The number of carbonyl (C=O) groups excluding carboxylic acids is 1. The monoisotopic (exact) mass is 258 g/mol. The van der Waals surface area contributed by atoms with Crippen molar-refractivity contribution < 1.29 is 14.6 Å². The van der Waals surface area contributed by atoms with E-state index in [-0.39, 0.29) is 11.7 Å². The molecule has 0 aromatic heterocycles. The molecule has 2 aliphatic rings. The quantitative estimate of drug-likeness (QED) is 0.712. The number of amides is 1. The van der Waals surface area contributed by atoms with E-state index in [9.17, 15) is 4.79 Å². The van der Waals surface area contributed by atoms with Crippen molar-refractivity contribution in [2.45, 2.75) is 45.3 Å². The fourth-order valence-corrected chi connectivity index (χ4v) is 2.48. The van der Waals surface area contributed by atoms with Gasteiger partial charge in [0.25, 0.3) is 0 Å². The molecule has 0 spiro atoms. The van der Waals surface area contributed by atoms with Crippen molar-refractivity contribution in [1.29, 1.82) is 0 Å². The minimum atomic E-state index is -0.385. The van der Waals surface area contributed by atoms with Gasteiger partial charge in [0.05, 0.1) is 0 Å². The molecule has 0 bridgehead atoms. The number of ether oxygens (including phenoxy) is 1. The summed E-state index contributed by atoms with van der Waals surface area (Å²) in [6.45, 7) is 9.60. The molecule has 0 radical (unpaired) electrons. The summed E-state index contributed by atoms with van der Waals surface area (Å²) in [5, 5.41) is 7.00. The molecule has 1 unspecified atom stereocenters. The van der Waals surface area contributed by atoms with Crippen LogP contribution in [0.5, 0.6) is 0 Å². The summed E-state index contributed by atoms with van der Waals surface area (Å²) in [7, 11) is 1.00. The van der Waals surface area contributed by atoms with Gasteiger partial charge < -0.3 is 14.7 Å². The maximum absolute atomic E-state index is 11.9. The lowest BCUT2D eigenvalue weighted by molar-refractivity contribution is 0.00925. The van der Waals surface area contributed by atoms with Crippen molar-refractivity contribution in [1.82, 2.24) is 9.80 Å². The summed E-state index contributed by atoms with van der Waals surface area (Å²) in [6.07, 6.45) is 2.34. The first-order valence-electron chi connectivity index (χ1n) is 6.62. The molecule has 0 saturated carbocycles. The summed E-state index contributed by atoms with van der Waals surface area (Å²) >= 11 is 0. The lowest BCUT2D eigenvalue weighted by atomic mass is 10.1. The van der Waals surface area contributed by atoms with Crippen molar-refractivity contribution in [2.75, 3.05) is 33.3 Å². The molecule has 2 saturated heterocycles. The molecule has 5 heteroatoms. The van der Waals surface area contributed by atoms with E-state index in [4.69, 9.17) is 9.84 Å². The molecule has 0 aliphatic carbocycles. The maximum atomic E-state index is 11.9.